The van der Waals surface area contributed by atoms with Crippen LogP contribution in [0, 0.1) is 0 Å². The van der Waals surface area contributed by atoms with Crippen molar-refractivity contribution in [3.8, 4) is 5.75 Å². The smallest absolute Gasteiger partial charge is 0.407 e. The quantitative estimate of drug-likeness (QED) is 0.799. The van der Waals surface area contributed by atoms with Crippen molar-refractivity contribution in [2.24, 2.45) is 0 Å². The van der Waals surface area contributed by atoms with E-state index in [0.29, 0.717) is 18.5 Å². The number of benzene rings is 2. The molecule has 0 saturated carbocycles. The van der Waals surface area contributed by atoms with Crippen LogP contribution in [-0.2, 0) is 11.3 Å². The molecular weight excluding hydrogens is 332 g/mol. The number of hydrogen-bond donors (Lipinski definition) is 2. The number of aromatic hydroxyl groups is 1. The fourth-order valence-corrected chi connectivity index (χ4v) is 2.39. The highest BCUT2D eigenvalue weighted by molar-refractivity contribution is 5.94. The Morgan fingerprint density at radius 2 is 1.88 bits per heavy atom. The van der Waals surface area contributed by atoms with Crippen LogP contribution < -0.4 is 5.32 Å². The summed E-state index contributed by atoms with van der Waals surface area (Å²) >= 11 is 0. The number of amides is 2. The lowest BCUT2D eigenvalue weighted by Gasteiger charge is -2.20. The summed E-state index contributed by atoms with van der Waals surface area (Å²) in [7, 11) is 1.69. The molecule has 2 amide bonds. The number of carbonyl (C=O) groups excluding carboxylic acids is 2. The van der Waals surface area contributed by atoms with Gasteiger partial charge in [0.05, 0.1) is 0 Å². The Labute approximate surface area is 153 Å². The number of phenols is 1. The summed E-state index contributed by atoms with van der Waals surface area (Å²) in [5.41, 5.74) is 1.35. The van der Waals surface area contributed by atoms with Gasteiger partial charge >= 0.3 is 6.09 Å². The van der Waals surface area contributed by atoms with Crippen LogP contribution in [-0.4, -0.2) is 41.6 Å². The van der Waals surface area contributed by atoms with E-state index in [9.17, 15) is 14.7 Å². The van der Waals surface area contributed by atoms with Crippen molar-refractivity contribution >= 4 is 12.0 Å². The van der Waals surface area contributed by atoms with Gasteiger partial charge in [-0.1, -0.05) is 36.4 Å². The molecular formula is C20H24N2O4. The lowest BCUT2D eigenvalue weighted by molar-refractivity contribution is 0.0789. The predicted octanol–water partition coefficient (Wildman–Crippen LogP) is 3.17. The summed E-state index contributed by atoms with van der Waals surface area (Å²) in [5.74, 6) is -0.125. The van der Waals surface area contributed by atoms with Gasteiger partial charge < -0.3 is 20.1 Å². The standard InChI is InChI=1S/C20H24N2O4/c1-15(21-20(25)26-14-16-7-4-3-5-8-16)11-12-22(2)19(24)17-9-6-10-18(23)13-17/h3-10,13,15,23H,11-12,14H2,1-2H3,(H,21,25)/t15-/m1/s1. The first kappa shape index (κ1) is 19.3. The van der Waals surface area contributed by atoms with Crippen LogP contribution >= 0.6 is 0 Å². The maximum Gasteiger partial charge on any atom is 0.407 e. The summed E-state index contributed by atoms with van der Waals surface area (Å²) in [6, 6.07) is 15.5. The summed E-state index contributed by atoms with van der Waals surface area (Å²) in [5, 5.41) is 12.2. The Morgan fingerprint density at radius 1 is 1.15 bits per heavy atom. The largest absolute Gasteiger partial charge is 0.508 e. The van der Waals surface area contributed by atoms with E-state index < -0.39 is 6.09 Å². The topological polar surface area (TPSA) is 78.9 Å². The second-order valence-corrected chi connectivity index (χ2v) is 6.17. The van der Waals surface area contributed by atoms with E-state index in [0.717, 1.165) is 5.56 Å². The van der Waals surface area contributed by atoms with Gasteiger partial charge in [0.2, 0.25) is 0 Å². The minimum atomic E-state index is -0.483. The zero-order valence-electron chi connectivity index (χ0n) is 15.0. The number of rotatable bonds is 7. The van der Waals surface area contributed by atoms with Crippen LogP contribution in [0.4, 0.5) is 4.79 Å². The predicted molar refractivity (Wildman–Crippen MR) is 98.9 cm³/mol. The fraction of sp³-hybridized carbons (Fsp3) is 0.300. The van der Waals surface area contributed by atoms with Crippen molar-refractivity contribution in [2.45, 2.75) is 26.0 Å². The first-order chi connectivity index (χ1) is 12.5. The molecule has 6 heteroatoms. The Hall–Kier alpha value is -3.02. The molecule has 26 heavy (non-hydrogen) atoms. The van der Waals surface area contributed by atoms with Crippen molar-refractivity contribution in [3.63, 3.8) is 0 Å². The SMILES string of the molecule is C[C@H](CCN(C)C(=O)c1cccc(O)c1)NC(=O)OCc1ccccc1. The molecule has 0 spiro atoms. The van der Waals surface area contributed by atoms with Crippen molar-refractivity contribution < 1.29 is 19.4 Å². The second-order valence-electron chi connectivity index (χ2n) is 6.17. The maximum atomic E-state index is 12.3. The highest BCUT2D eigenvalue weighted by Crippen LogP contribution is 2.13. The molecule has 0 heterocycles. The lowest BCUT2D eigenvalue weighted by atomic mass is 10.1. The Bertz CT molecular complexity index is 734. The zero-order valence-corrected chi connectivity index (χ0v) is 15.0. The number of carbonyl (C=O) groups is 2. The number of hydrogen-bond acceptors (Lipinski definition) is 4. The molecule has 0 aliphatic carbocycles. The Kier molecular flexibility index (Phi) is 7.02. The van der Waals surface area contributed by atoms with Gasteiger partial charge in [0.25, 0.3) is 5.91 Å². The van der Waals surface area contributed by atoms with Gasteiger partial charge in [0.1, 0.15) is 12.4 Å². The number of ether oxygens (including phenoxy) is 1. The molecule has 2 aromatic carbocycles. The van der Waals surface area contributed by atoms with Crippen LogP contribution in [0.5, 0.6) is 5.75 Å². The molecule has 0 aliphatic rings. The lowest BCUT2D eigenvalue weighted by Crippen LogP contribution is -2.37. The average molecular weight is 356 g/mol. The van der Waals surface area contributed by atoms with E-state index in [-0.39, 0.29) is 24.3 Å². The van der Waals surface area contributed by atoms with E-state index in [2.05, 4.69) is 5.32 Å². The highest BCUT2D eigenvalue weighted by Gasteiger charge is 2.14. The van der Waals surface area contributed by atoms with Gasteiger partial charge in [0.15, 0.2) is 0 Å². The molecule has 0 radical (unpaired) electrons. The zero-order chi connectivity index (χ0) is 18.9. The van der Waals surface area contributed by atoms with Crippen LogP contribution in [0.1, 0.15) is 29.3 Å². The molecule has 0 aliphatic heterocycles. The normalized spacial score (nSPS) is 11.5. The van der Waals surface area contributed by atoms with Crippen molar-refractivity contribution in [3.05, 3.63) is 65.7 Å². The monoisotopic (exact) mass is 356 g/mol. The average Bonchev–Trinajstić information content (AvgIpc) is 2.64. The number of alkyl carbamates (subject to hydrolysis) is 1. The van der Waals surface area contributed by atoms with Crippen LogP contribution in [0.3, 0.4) is 0 Å². The summed E-state index contributed by atoms with van der Waals surface area (Å²) < 4.78 is 5.18. The Balaban J connectivity index is 1.72. The van der Waals surface area contributed by atoms with Crippen molar-refractivity contribution in [2.75, 3.05) is 13.6 Å². The first-order valence-electron chi connectivity index (χ1n) is 8.47. The fourth-order valence-electron chi connectivity index (χ4n) is 2.39. The number of nitrogens with zero attached hydrogens (tertiary/aromatic N) is 1. The van der Waals surface area contributed by atoms with E-state index >= 15 is 0 Å². The van der Waals surface area contributed by atoms with Crippen LogP contribution in [0.25, 0.3) is 0 Å². The van der Waals surface area contributed by atoms with E-state index in [4.69, 9.17) is 4.74 Å². The third kappa shape index (κ3) is 6.12. The Morgan fingerprint density at radius 3 is 2.58 bits per heavy atom. The molecule has 0 saturated heterocycles. The van der Waals surface area contributed by atoms with Gasteiger partial charge in [-0.15, -0.1) is 0 Å². The molecule has 2 aromatic rings. The van der Waals surface area contributed by atoms with Gasteiger partial charge in [-0.3, -0.25) is 4.79 Å². The summed E-state index contributed by atoms with van der Waals surface area (Å²) in [6.07, 6.45) is 0.102. The molecule has 6 nitrogen and oxygen atoms in total. The van der Waals surface area contributed by atoms with E-state index in [1.54, 1.807) is 24.1 Å². The van der Waals surface area contributed by atoms with Gasteiger partial charge in [-0.05, 0) is 37.1 Å². The maximum absolute atomic E-state index is 12.3. The van der Waals surface area contributed by atoms with Crippen molar-refractivity contribution in [1.29, 1.82) is 0 Å². The van der Waals surface area contributed by atoms with Crippen LogP contribution in [0.15, 0.2) is 54.6 Å². The van der Waals surface area contributed by atoms with E-state index in [1.165, 1.54) is 12.1 Å². The van der Waals surface area contributed by atoms with E-state index in [1.807, 2.05) is 37.3 Å². The highest BCUT2D eigenvalue weighted by atomic mass is 16.5. The molecule has 1 atom stereocenters. The minimum absolute atomic E-state index is 0.0560. The summed E-state index contributed by atoms with van der Waals surface area (Å²) in [6.45, 7) is 2.54. The van der Waals surface area contributed by atoms with Gasteiger partial charge in [0, 0.05) is 25.2 Å². The molecule has 2 rings (SSSR count). The van der Waals surface area contributed by atoms with Crippen molar-refractivity contribution in [1.82, 2.24) is 10.2 Å². The molecule has 0 bridgehead atoms. The molecule has 138 valence electrons. The number of nitrogens with one attached hydrogen (secondary N) is 1. The molecule has 0 unspecified atom stereocenters. The second kappa shape index (κ2) is 9.46. The first-order valence-corrected chi connectivity index (χ1v) is 8.47. The minimum Gasteiger partial charge on any atom is -0.508 e. The van der Waals surface area contributed by atoms with Crippen LogP contribution in [0.2, 0.25) is 0 Å². The molecule has 0 fully saturated rings. The molecule has 0 aromatic heterocycles. The molecule has 2 N–H and O–H groups in total. The third-order valence-electron chi connectivity index (χ3n) is 3.91. The number of phenolic OH excluding ortho intramolecular Hbond substituents is 1. The van der Waals surface area contributed by atoms with Gasteiger partial charge in [-0.2, -0.15) is 0 Å². The third-order valence-corrected chi connectivity index (χ3v) is 3.91. The summed E-state index contributed by atoms with van der Waals surface area (Å²) in [4.78, 5) is 25.7. The van der Waals surface area contributed by atoms with Gasteiger partial charge in [-0.25, -0.2) is 4.79 Å².